The Morgan fingerprint density at radius 1 is 1.07 bits per heavy atom. The quantitative estimate of drug-likeness (QED) is 0.461. The molecule has 1 aromatic heterocycles. The first-order valence-electron chi connectivity index (χ1n) is 10.3. The van der Waals surface area contributed by atoms with Gasteiger partial charge in [0, 0.05) is 16.9 Å². The van der Waals surface area contributed by atoms with E-state index < -0.39 is 0 Å². The molecule has 2 nitrogen and oxygen atoms in total. The molecule has 0 N–H and O–H groups in total. The van der Waals surface area contributed by atoms with E-state index in [9.17, 15) is 0 Å². The zero-order valence-electron chi connectivity index (χ0n) is 17.3. The Hall–Kier alpha value is -2.13. The van der Waals surface area contributed by atoms with Crippen LogP contribution in [0.25, 0.3) is 10.6 Å². The normalized spacial score (nSPS) is 15.6. The van der Waals surface area contributed by atoms with Crippen molar-refractivity contribution in [3.05, 3.63) is 69.2 Å². The minimum absolute atomic E-state index is 0.674. The maximum absolute atomic E-state index is 6.07. The van der Waals surface area contributed by atoms with Gasteiger partial charge in [0.2, 0.25) is 0 Å². The first-order valence-corrected chi connectivity index (χ1v) is 11.2. The van der Waals surface area contributed by atoms with E-state index in [1.807, 2.05) is 0 Å². The van der Waals surface area contributed by atoms with Gasteiger partial charge in [0.05, 0.1) is 12.3 Å². The van der Waals surface area contributed by atoms with Crippen LogP contribution in [0.3, 0.4) is 0 Å². The lowest BCUT2D eigenvalue weighted by Gasteiger charge is -2.10. The van der Waals surface area contributed by atoms with E-state index in [0.717, 1.165) is 28.8 Å². The number of nitrogens with zero attached hydrogens (tertiary/aromatic N) is 1. The third-order valence-corrected chi connectivity index (χ3v) is 7.13. The first-order chi connectivity index (χ1) is 13.5. The van der Waals surface area contributed by atoms with Crippen molar-refractivity contribution in [2.24, 2.45) is 0 Å². The molecular weight excluding hydrogens is 362 g/mol. The highest BCUT2D eigenvalue weighted by atomic mass is 32.1. The van der Waals surface area contributed by atoms with E-state index in [-0.39, 0.29) is 0 Å². The van der Waals surface area contributed by atoms with Crippen molar-refractivity contribution < 1.29 is 4.74 Å². The third kappa shape index (κ3) is 3.86. The molecule has 0 saturated heterocycles. The highest BCUT2D eigenvalue weighted by Gasteiger charge is 2.21. The summed E-state index contributed by atoms with van der Waals surface area (Å²) < 4.78 is 6.07. The minimum atomic E-state index is 0.674. The molecule has 146 valence electrons. The van der Waals surface area contributed by atoms with E-state index in [0.29, 0.717) is 6.61 Å². The van der Waals surface area contributed by atoms with Crippen LogP contribution < -0.4 is 4.74 Å². The van der Waals surface area contributed by atoms with Crippen LogP contribution in [0.1, 0.15) is 58.5 Å². The number of fused-ring (bicyclic) bond motifs is 1. The van der Waals surface area contributed by atoms with Crippen molar-refractivity contribution in [1.82, 2.24) is 4.98 Å². The summed E-state index contributed by atoms with van der Waals surface area (Å²) in [4.78, 5) is 6.19. The number of aryl methyl sites for hydroxylation is 4. The molecule has 4 rings (SSSR count). The zero-order chi connectivity index (χ0) is 19.7. The summed E-state index contributed by atoms with van der Waals surface area (Å²) in [6, 6.07) is 13.3. The molecule has 1 aliphatic carbocycles. The van der Waals surface area contributed by atoms with Crippen molar-refractivity contribution >= 4 is 11.3 Å². The van der Waals surface area contributed by atoms with Crippen LogP contribution >= 0.6 is 11.3 Å². The van der Waals surface area contributed by atoms with Crippen LogP contribution in [-0.2, 0) is 12.8 Å². The van der Waals surface area contributed by atoms with E-state index in [1.165, 1.54) is 52.0 Å². The van der Waals surface area contributed by atoms with Gasteiger partial charge in [-0.05, 0) is 86.4 Å². The number of rotatable bonds is 6. The predicted molar refractivity (Wildman–Crippen MR) is 119 cm³/mol. The lowest BCUT2D eigenvalue weighted by Crippen LogP contribution is -2.03. The molecule has 1 atom stereocenters. The zero-order valence-corrected chi connectivity index (χ0v) is 18.2. The second kappa shape index (κ2) is 8.08. The predicted octanol–water partition coefficient (Wildman–Crippen LogP) is 6.80. The largest absolute Gasteiger partial charge is 0.493 e. The monoisotopic (exact) mass is 391 g/mol. The highest BCUT2D eigenvalue weighted by Crippen LogP contribution is 2.37. The Balaban J connectivity index is 1.41. The van der Waals surface area contributed by atoms with Crippen molar-refractivity contribution in [3.63, 3.8) is 0 Å². The fourth-order valence-electron chi connectivity index (χ4n) is 4.12. The Morgan fingerprint density at radius 3 is 2.71 bits per heavy atom. The van der Waals surface area contributed by atoms with Crippen LogP contribution in [0.2, 0.25) is 0 Å². The van der Waals surface area contributed by atoms with Crippen LogP contribution in [0.15, 0.2) is 36.4 Å². The molecule has 1 aliphatic rings. The van der Waals surface area contributed by atoms with Gasteiger partial charge in [0.1, 0.15) is 10.8 Å². The summed E-state index contributed by atoms with van der Waals surface area (Å²) in [6.45, 7) is 9.43. The molecule has 0 unspecified atom stereocenters. The Kier molecular flexibility index (Phi) is 5.54. The first kappa shape index (κ1) is 19.2. The maximum Gasteiger partial charge on any atom is 0.123 e. The van der Waals surface area contributed by atoms with E-state index in [1.54, 1.807) is 11.3 Å². The maximum atomic E-state index is 6.07. The molecule has 28 heavy (non-hydrogen) atoms. The molecule has 3 aromatic rings. The molecule has 0 amide bonds. The van der Waals surface area contributed by atoms with Crippen LogP contribution in [0.5, 0.6) is 5.75 Å². The fourth-order valence-corrected chi connectivity index (χ4v) is 5.08. The Labute approximate surface area is 172 Å². The summed E-state index contributed by atoms with van der Waals surface area (Å²) in [5.74, 6) is 1.74. The molecule has 0 bridgehead atoms. The second-order valence-electron chi connectivity index (χ2n) is 7.92. The molecule has 2 aromatic carbocycles. The topological polar surface area (TPSA) is 22.1 Å². The van der Waals surface area contributed by atoms with Crippen LogP contribution in [0, 0.1) is 20.8 Å². The average Bonchev–Trinajstić information content (AvgIpc) is 3.27. The summed E-state index contributed by atoms with van der Waals surface area (Å²) in [7, 11) is 0. The summed E-state index contributed by atoms with van der Waals surface area (Å²) in [6.07, 6.45) is 4.56. The number of ether oxygens (including phenoxy) is 1. The second-order valence-corrected chi connectivity index (χ2v) is 9.13. The molecule has 0 fully saturated rings. The van der Waals surface area contributed by atoms with Crippen molar-refractivity contribution in [2.75, 3.05) is 6.61 Å². The van der Waals surface area contributed by atoms with Gasteiger partial charge in [0.15, 0.2) is 0 Å². The molecule has 0 spiro atoms. The average molecular weight is 392 g/mol. The lowest BCUT2D eigenvalue weighted by molar-refractivity contribution is 0.320. The van der Waals surface area contributed by atoms with Gasteiger partial charge >= 0.3 is 0 Å². The van der Waals surface area contributed by atoms with E-state index >= 15 is 0 Å². The smallest absolute Gasteiger partial charge is 0.123 e. The van der Waals surface area contributed by atoms with E-state index in [2.05, 4.69) is 64.1 Å². The van der Waals surface area contributed by atoms with Gasteiger partial charge in [-0.25, -0.2) is 4.98 Å². The van der Waals surface area contributed by atoms with Crippen LogP contribution in [-0.4, -0.2) is 11.6 Å². The number of thiazole rings is 1. The molecule has 1 heterocycles. The minimum Gasteiger partial charge on any atom is -0.493 e. The van der Waals surface area contributed by atoms with Gasteiger partial charge in [0.25, 0.3) is 0 Å². The highest BCUT2D eigenvalue weighted by molar-refractivity contribution is 7.15. The molecule has 0 aliphatic heterocycles. The molecule has 3 heteroatoms. The molecular formula is C25H29NOS. The van der Waals surface area contributed by atoms with Crippen molar-refractivity contribution in [1.29, 1.82) is 0 Å². The van der Waals surface area contributed by atoms with E-state index in [4.69, 9.17) is 9.72 Å². The summed E-state index contributed by atoms with van der Waals surface area (Å²) in [5.41, 5.74) is 8.02. The number of benzene rings is 2. The Morgan fingerprint density at radius 2 is 1.93 bits per heavy atom. The summed E-state index contributed by atoms with van der Waals surface area (Å²) in [5, 5.41) is 1.11. The number of hydrogen-bond acceptors (Lipinski definition) is 3. The molecule has 0 saturated carbocycles. The molecule has 0 radical (unpaired) electrons. The Bertz CT molecular complexity index is 988. The van der Waals surface area contributed by atoms with Gasteiger partial charge in [-0.15, -0.1) is 11.3 Å². The number of aromatic nitrogens is 1. The van der Waals surface area contributed by atoms with Gasteiger partial charge in [-0.2, -0.15) is 0 Å². The third-order valence-electron chi connectivity index (χ3n) is 6.06. The number of hydrogen-bond donors (Lipinski definition) is 0. The van der Waals surface area contributed by atoms with Crippen molar-refractivity contribution in [2.45, 2.75) is 59.3 Å². The van der Waals surface area contributed by atoms with Crippen molar-refractivity contribution in [3.8, 4) is 16.3 Å². The van der Waals surface area contributed by atoms with Gasteiger partial charge in [-0.1, -0.05) is 25.1 Å². The van der Waals surface area contributed by atoms with Gasteiger partial charge in [-0.3, -0.25) is 0 Å². The summed E-state index contributed by atoms with van der Waals surface area (Å²) >= 11 is 1.78. The van der Waals surface area contributed by atoms with Crippen LogP contribution in [0.4, 0.5) is 0 Å². The fraction of sp³-hybridized carbons (Fsp3) is 0.400. The lowest BCUT2D eigenvalue weighted by atomic mass is 9.99. The SMILES string of the molecule is CC[C@@H]1CCc2cc(OCCc3nc(-c4ccc(C)c(C)c4)sc3C)ccc21. The standard InChI is InChI=1S/C25H29NOS/c1-5-19-8-9-20-15-22(10-11-23(19)20)27-13-12-24-18(4)28-25(26-24)21-7-6-16(2)17(3)14-21/h6-7,10-11,14-15,19H,5,8-9,12-13H2,1-4H3/t19-/m1/s1. The van der Waals surface area contributed by atoms with Gasteiger partial charge < -0.3 is 4.74 Å².